The second-order valence-corrected chi connectivity index (χ2v) is 6.08. The Kier molecular flexibility index (Phi) is 4.38. The minimum atomic E-state index is 0.210. The van der Waals surface area contributed by atoms with Crippen molar-refractivity contribution in [2.24, 2.45) is 0 Å². The third-order valence-corrected chi connectivity index (χ3v) is 4.34. The minimum Gasteiger partial charge on any atom is -0.454 e. The van der Waals surface area contributed by atoms with Gasteiger partial charge in [0, 0.05) is 0 Å². The second kappa shape index (κ2) is 6.82. The van der Waals surface area contributed by atoms with Crippen molar-refractivity contribution in [1.29, 1.82) is 0 Å². The molecule has 2 aliphatic rings. The largest absolute Gasteiger partial charge is 0.454 e. The van der Waals surface area contributed by atoms with E-state index in [-0.39, 0.29) is 20.4 Å². The highest BCUT2D eigenvalue weighted by molar-refractivity contribution is 5.49. The molecule has 4 rings (SSSR count). The van der Waals surface area contributed by atoms with E-state index in [9.17, 15) is 0 Å². The van der Waals surface area contributed by atoms with Gasteiger partial charge in [-0.3, -0.25) is 0 Å². The summed E-state index contributed by atoms with van der Waals surface area (Å²) >= 11 is 0. The zero-order valence-electron chi connectivity index (χ0n) is 14.3. The van der Waals surface area contributed by atoms with Crippen LogP contribution in [0.3, 0.4) is 0 Å². The van der Waals surface area contributed by atoms with E-state index in [0.717, 1.165) is 45.3 Å². The monoisotopic (exact) mass is 344 g/mol. The maximum atomic E-state index is 5.64. The van der Waals surface area contributed by atoms with E-state index in [1.54, 1.807) is 0 Å². The predicted molar refractivity (Wildman–Crippen MR) is 89.0 cm³/mol. The summed E-state index contributed by atoms with van der Waals surface area (Å²) in [7, 11) is 0. The Bertz CT molecular complexity index is 720. The van der Waals surface area contributed by atoms with E-state index in [1.807, 2.05) is 38.1 Å². The number of rotatable bonds is 6. The molecule has 0 unspecified atom stereocenters. The highest BCUT2D eigenvalue weighted by Crippen LogP contribution is 2.35. The van der Waals surface area contributed by atoms with Crippen molar-refractivity contribution in [1.82, 2.24) is 0 Å². The molecule has 6 heteroatoms. The summed E-state index contributed by atoms with van der Waals surface area (Å²) in [5.74, 6) is 3.11. The first kappa shape index (κ1) is 16.1. The smallest absolute Gasteiger partial charge is 0.231 e. The molecule has 0 aliphatic carbocycles. The van der Waals surface area contributed by atoms with Gasteiger partial charge in [-0.1, -0.05) is 0 Å². The Morgan fingerprint density at radius 3 is 1.52 bits per heavy atom. The van der Waals surface area contributed by atoms with Crippen LogP contribution in [0, 0.1) is 13.8 Å². The maximum Gasteiger partial charge on any atom is 0.231 e. The SMILES string of the molecule is Cc1cc2c(cc1COCOCc1cc3c(cc1C)OCO3)OCO2. The van der Waals surface area contributed by atoms with Crippen LogP contribution in [0.2, 0.25) is 0 Å². The molecule has 2 aromatic carbocycles. The van der Waals surface area contributed by atoms with Crippen molar-refractivity contribution in [3.05, 3.63) is 46.5 Å². The van der Waals surface area contributed by atoms with Gasteiger partial charge in [-0.25, -0.2) is 0 Å². The molecule has 0 N–H and O–H groups in total. The van der Waals surface area contributed by atoms with Crippen LogP contribution in [0.4, 0.5) is 0 Å². The Balaban J connectivity index is 1.28. The standard InChI is InChI=1S/C19H20O6/c1-12-3-16-18(24-10-22-16)5-14(12)7-20-9-21-8-15-6-19-17(4-13(15)2)23-11-25-19/h3-6H,7-11H2,1-2H3. The van der Waals surface area contributed by atoms with Crippen LogP contribution in [-0.2, 0) is 22.7 Å². The zero-order chi connectivity index (χ0) is 17.2. The molecule has 0 bridgehead atoms. The Morgan fingerprint density at radius 1 is 0.680 bits per heavy atom. The average Bonchev–Trinajstić information content (AvgIpc) is 3.22. The molecule has 6 nitrogen and oxygen atoms in total. The number of ether oxygens (including phenoxy) is 6. The summed E-state index contributed by atoms with van der Waals surface area (Å²) in [6.45, 7) is 5.73. The van der Waals surface area contributed by atoms with E-state index >= 15 is 0 Å². The summed E-state index contributed by atoms with van der Waals surface area (Å²) in [6.07, 6.45) is 0. The second-order valence-electron chi connectivity index (χ2n) is 6.08. The lowest BCUT2D eigenvalue weighted by molar-refractivity contribution is -0.0692. The van der Waals surface area contributed by atoms with Gasteiger partial charge in [0.1, 0.15) is 6.79 Å². The lowest BCUT2D eigenvalue weighted by atomic mass is 10.1. The van der Waals surface area contributed by atoms with Gasteiger partial charge in [-0.2, -0.15) is 0 Å². The van der Waals surface area contributed by atoms with Crippen molar-refractivity contribution in [3.63, 3.8) is 0 Å². The van der Waals surface area contributed by atoms with Crippen LogP contribution in [0.25, 0.3) is 0 Å². The highest BCUT2D eigenvalue weighted by atomic mass is 16.7. The van der Waals surface area contributed by atoms with Crippen molar-refractivity contribution in [2.75, 3.05) is 20.4 Å². The van der Waals surface area contributed by atoms with Crippen molar-refractivity contribution in [3.8, 4) is 23.0 Å². The van der Waals surface area contributed by atoms with E-state index < -0.39 is 0 Å². The molecule has 0 aromatic heterocycles. The van der Waals surface area contributed by atoms with Gasteiger partial charge >= 0.3 is 0 Å². The molecule has 0 fully saturated rings. The van der Waals surface area contributed by atoms with Gasteiger partial charge in [0.15, 0.2) is 23.0 Å². The highest BCUT2D eigenvalue weighted by Gasteiger charge is 2.16. The molecule has 132 valence electrons. The molecule has 0 radical (unpaired) electrons. The fourth-order valence-corrected chi connectivity index (χ4v) is 2.84. The topological polar surface area (TPSA) is 55.4 Å². The molecule has 0 amide bonds. The van der Waals surface area contributed by atoms with E-state index in [4.69, 9.17) is 28.4 Å². The summed E-state index contributed by atoms with van der Waals surface area (Å²) in [5, 5.41) is 0. The molecule has 2 aliphatic heterocycles. The molecule has 0 saturated heterocycles. The lowest BCUT2D eigenvalue weighted by Gasteiger charge is -2.11. The van der Waals surface area contributed by atoms with E-state index in [0.29, 0.717) is 13.2 Å². The fraction of sp³-hybridized carbons (Fsp3) is 0.368. The van der Waals surface area contributed by atoms with Crippen LogP contribution >= 0.6 is 0 Å². The first-order valence-corrected chi connectivity index (χ1v) is 8.14. The average molecular weight is 344 g/mol. The molecule has 0 spiro atoms. The van der Waals surface area contributed by atoms with E-state index in [2.05, 4.69) is 0 Å². The molecule has 0 atom stereocenters. The van der Waals surface area contributed by atoms with Gasteiger partial charge in [0.2, 0.25) is 13.6 Å². The van der Waals surface area contributed by atoms with E-state index in [1.165, 1.54) is 0 Å². The number of fused-ring (bicyclic) bond motifs is 2. The number of hydrogen-bond acceptors (Lipinski definition) is 6. The molecular weight excluding hydrogens is 324 g/mol. The predicted octanol–water partition coefficient (Wildman–Crippen LogP) is 3.45. The number of benzene rings is 2. The van der Waals surface area contributed by atoms with Crippen LogP contribution < -0.4 is 18.9 Å². The molecular formula is C19H20O6. The Labute approximate surface area is 146 Å². The Hall–Kier alpha value is -2.44. The quantitative estimate of drug-likeness (QED) is 0.591. The van der Waals surface area contributed by atoms with Crippen molar-refractivity contribution < 1.29 is 28.4 Å². The lowest BCUT2D eigenvalue weighted by Crippen LogP contribution is -2.03. The van der Waals surface area contributed by atoms with Crippen molar-refractivity contribution in [2.45, 2.75) is 27.1 Å². The normalized spacial score (nSPS) is 14.2. The van der Waals surface area contributed by atoms with Crippen LogP contribution in [-0.4, -0.2) is 20.4 Å². The summed E-state index contributed by atoms with van der Waals surface area (Å²) in [4.78, 5) is 0. The van der Waals surface area contributed by atoms with Crippen LogP contribution in [0.15, 0.2) is 24.3 Å². The van der Waals surface area contributed by atoms with Gasteiger partial charge in [0.25, 0.3) is 0 Å². The van der Waals surface area contributed by atoms with Crippen LogP contribution in [0.1, 0.15) is 22.3 Å². The van der Waals surface area contributed by atoms with Gasteiger partial charge < -0.3 is 28.4 Å². The van der Waals surface area contributed by atoms with Gasteiger partial charge in [0.05, 0.1) is 13.2 Å². The third kappa shape index (κ3) is 3.36. The summed E-state index contributed by atoms with van der Waals surface area (Å²) in [6, 6.07) is 7.86. The minimum absolute atomic E-state index is 0.210. The number of hydrogen-bond donors (Lipinski definition) is 0. The van der Waals surface area contributed by atoms with Gasteiger partial charge in [-0.15, -0.1) is 0 Å². The summed E-state index contributed by atoms with van der Waals surface area (Å²) < 4.78 is 32.8. The summed E-state index contributed by atoms with van der Waals surface area (Å²) in [5.41, 5.74) is 4.34. The maximum absolute atomic E-state index is 5.64. The molecule has 2 heterocycles. The molecule has 0 saturated carbocycles. The van der Waals surface area contributed by atoms with Crippen molar-refractivity contribution >= 4 is 0 Å². The molecule has 25 heavy (non-hydrogen) atoms. The first-order valence-electron chi connectivity index (χ1n) is 8.14. The van der Waals surface area contributed by atoms with Crippen LogP contribution in [0.5, 0.6) is 23.0 Å². The third-order valence-electron chi connectivity index (χ3n) is 4.34. The molecule has 2 aromatic rings. The fourth-order valence-electron chi connectivity index (χ4n) is 2.84. The number of aryl methyl sites for hydroxylation is 2. The Morgan fingerprint density at radius 2 is 1.08 bits per heavy atom. The first-order chi connectivity index (χ1) is 12.2. The van der Waals surface area contributed by atoms with Gasteiger partial charge in [-0.05, 0) is 60.4 Å². The zero-order valence-corrected chi connectivity index (χ0v) is 14.3.